The minimum Gasteiger partial charge on any atom is -0.398 e. The SMILES string of the molecule is Cc1cccc(N)c1S(=O)(=O)NCC1CCC(C)CC1. The van der Waals surface area contributed by atoms with Gasteiger partial charge in [0.05, 0.1) is 5.69 Å². The molecule has 1 aromatic rings. The van der Waals surface area contributed by atoms with Gasteiger partial charge in [0.15, 0.2) is 0 Å². The lowest BCUT2D eigenvalue weighted by atomic mass is 9.83. The van der Waals surface area contributed by atoms with Gasteiger partial charge in [0, 0.05) is 6.54 Å². The summed E-state index contributed by atoms with van der Waals surface area (Å²) in [6.45, 7) is 4.55. The van der Waals surface area contributed by atoms with Crippen LogP contribution < -0.4 is 10.5 Å². The van der Waals surface area contributed by atoms with E-state index in [-0.39, 0.29) is 4.90 Å². The molecule has 1 aliphatic rings. The third-order valence-electron chi connectivity index (χ3n) is 4.21. The molecule has 3 N–H and O–H groups in total. The highest BCUT2D eigenvalue weighted by atomic mass is 32.2. The van der Waals surface area contributed by atoms with E-state index in [1.165, 1.54) is 12.8 Å². The van der Waals surface area contributed by atoms with Gasteiger partial charge in [-0.1, -0.05) is 31.9 Å². The van der Waals surface area contributed by atoms with Crippen molar-refractivity contribution < 1.29 is 8.42 Å². The van der Waals surface area contributed by atoms with Gasteiger partial charge in [-0.2, -0.15) is 0 Å². The monoisotopic (exact) mass is 296 g/mol. The van der Waals surface area contributed by atoms with Gasteiger partial charge in [0.1, 0.15) is 4.90 Å². The van der Waals surface area contributed by atoms with Gasteiger partial charge in [-0.05, 0) is 43.2 Å². The predicted octanol–water partition coefficient (Wildman–Crippen LogP) is 2.68. The summed E-state index contributed by atoms with van der Waals surface area (Å²) in [4.78, 5) is 0.226. The summed E-state index contributed by atoms with van der Waals surface area (Å²) < 4.78 is 27.5. The summed E-state index contributed by atoms with van der Waals surface area (Å²) in [6, 6.07) is 5.17. The summed E-state index contributed by atoms with van der Waals surface area (Å²) in [5.41, 5.74) is 6.82. The summed E-state index contributed by atoms with van der Waals surface area (Å²) in [5, 5.41) is 0. The third-order valence-corrected chi connectivity index (χ3v) is 5.85. The topological polar surface area (TPSA) is 72.2 Å². The average Bonchev–Trinajstić information content (AvgIpc) is 2.37. The van der Waals surface area contributed by atoms with Crippen LogP contribution in [0.3, 0.4) is 0 Å². The maximum absolute atomic E-state index is 12.4. The second-order valence-electron chi connectivity index (χ2n) is 5.97. The van der Waals surface area contributed by atoms with Crippen molar-refractivity contribution in [3.05, 3.63) is 23.8 Å². The van der Waals surface area contributed by atoms with Crippen molar-refractivity contribution in [2.45, 2.75) is 44.4 Å². The average molecular weight is 296 g/mol. The first kappa shape index (κ1) is 15.3. The van der Waals surface area contributed by atoms with Gasteiger partial charge >= 0.3 is 0 Å². The van der Waals surface area contributed by atoms with Crippen LogP contribution in [-0.4, -0.2) is 15.0 Å². The van der Waals surface area contributed by atoms with Gasteiger partial charge in [0.25, 0.3) is 0 Å². The minimum atomic E-state index is -3.51. The molecular weight excluding hydrogens is 272 g/mol. The summed E-state index contributed by atoms with van der Waals surface area (Å²) in [7, 11) is -3.51. The molecule has 0 bridgehead atoms. The number of benzene rings is 1. The summed E-state index contributed by atoms with van der Waals surface area (Å²) in [5.74, 6) is 1.22. The molecule has 0 atom stereocenters. The molecule has 0 aromatic heterocycles. The Morgan fingerprint density at radius 1 is 1.25 bits per heavy atom. The molecule has 1 aliphatic carbocycles. The van der Waals surface area contributed by atoms with E-state index in [9.17, 15) is 8.42 Å². The zero-order valence-corrected chi connectivity index (χ0v) is 13.0. The molecule has 20 heavy (non-hydrogen) atoms. The lowest BCUT2D eigenvalue weighted by Crippen LogP contribution is -2.32. The third kappa shape index (κ3) is 3.52. The largest absolute Gasteiger partial charge is 0.398 e. The van der Waals surface area contributed by atoms with E-state index in [2.05, 4.69) is 11.6 Å². The Balaban J connectivity index is 2.05. The summed E-state index contributed by atoms with van der Waals surface area (Å²) >= 11 is 0. The van der Waals surface area contributed by atoms with Gasteiger partial charge in [-0.15, -0.1) is 0 Å². The van der Waals surface area contributed by atoms with E-state index in [4.69, 9.17) is 5.73 Å². The Morgan fingerprint density at radius 3 is 2.50 bits per heavy atom. The van der Waals surface area contributed by atoms with Crippen LogP contribution in [0.5, 0.6) is 0 Å². The molecule has 0 unspecified atom stereocenters. The maximum atomic E-state index is 12.4. The van der Waals surface area contributed by atoms with Gasteiger partial charge in [0.2, 0.25) is 10.0 Å². The first-order chi connectivity index (χ1) is 9.40. The van der Waals surface area contributed by atoms with Gasteiger partial charge in [-0.3, -0.25) is 0 Å². The van der Waals surface area contributed by atoms with Crippen molar-refractivity contribution in [1.82, 2.24) is 4.72 Å². The second-order valence-corrected chi connectivity index (χ2v) is 7.67. The zero-order chi connectivity index (χ0) is 14.8. The first-order valence-corrected chi connectivity index (χ1v) is 8.73. The van der Waals surface area contributed by atoms with Crippen LogP contribution in [0.4, 0.5) is 5.69 Å². The Morgan fingerprint density at radius 2 is 1.90 bits per heavy atom. The Kier molecular flexibility index (Phi) is 4.70. The van der Waals surface area contributed by atoms with E-state index < -0.39 is 10.0 Å². The number of sulfonamides is 1. The number of hydrogen-bond acceptors (Lipinski definition) is 3. The highest BCUT2D eigenvalue weighted by Crippen LogP contribution is 2.28. The van der Waals surface area contributed by atoms with Crippen LogP contribution >= 0.6 is 0 Å². The van der Waals surface area contributed by atoms with Gasteiger partial charge in [-0.25, -0.2) is 13.1 Å². The maximum Gasteiger partial charge on any atom is 0.242 e. The van der Waals surface area contributed by atoms with Crippen LogP contribution in [0.15, 0.2) is 23.1 Å². The number of nitrogens with one attached hydrogen (secondary N) is 1. The predicted molar refractivity (Wildman–Crippen MR) is 81.9 cm³/mol. The zero-order valence-electron chi connectivity index (χ0n) is 12.2. The van der Waals surface area contributed by atoms with Crippen LogP contribution in [0, 0.1) is 18.8 Å². The van der Waals surface area contributed by atoms with Crippen LogP contribution in [0.1, 0.15) is 38.2 Å². The second kappa shape index (κ2) is 6.14. The van der Waals surface area contributed by atoms with Crippen molar-refractivity contribution >= 4 is 15.7 Å². The lowest BCUT2D eigenvalue weighted by Gasteiger charge is -2.26. The van der Waals surface area contributed by atoms with E-state index >= 15 is 0 Å². The molecule has 4 nitrogen and oxygen atoms in total. The number of rotatable bonds is 4. The molecule has 112 valence electrons. The van der Waals surface area contributed by atoms with Crippen LogP contribution in [-0.2, 0) is 10.0 Å². The molecule has 1 aromatic carbocycles. The van der Waals surface area contributed by atoms with Crippen LogP contribution in [0.2, 0.25) is 0 Å². The standard InChI is InChI=1S/C15H24N2O2S/c1-11-6-8-13(9-7-11)10-17-20(18,19)15-12(2)4-3-5-14(15)16/h3-5,11,13,17H,6-10,16H2,1-2H3. The fourth-order valence-electron chi connectivity index (χ4n) is 2.88. The van der Waals surface area contributed by atoms with Crippen molar-refractivity contribution in [3.63, 3.8) is 0 Å². The first-order valence-electron chi connectivity index (χ1n) is 7.25. The molecule has 0 heterocycles. The number of nitrogens with two attached hydrogens (primary N) is 1. The van der Waals surface area contributed by atoms with Crippen molar-refractivity contribution in [2.75, 3.05) is 12.3 Å². The number of hydrogen-bond donors (Lipinski definition) is 2. The van der Waals surface area contributed by atoms with E-state index in [0.717, 1.165) is 18.8 Å². The van der Waals surface area contributed by atoms with E-state index in [1.807, 2.05) is 0 Å². The van der Waals surface area contributed by atoms with Crippen molar-refractivity contribution in [3.8, 4) is 0 Å². The Labute approximate surface area is 121 Å². The minimum absolute atomic E-state index is 0.226. The Bertz CT molecular complexity index is 541. The molecule has 0 aliphatic heterocycles. The molecule has 0 spiro atoms. The number of anilines is 1. The normalized spacial score (nSPS) is 23.7. The highest BCUT2D eigenvalue weighted by molar-refractivity contribution is 7.89. The molecule has 0 saturated heterocycles. The van der Waals surface area contributed by atoms with E-state index in [0.29, 0.717) is 23.7 Å². The summed E-state index contributed by atoms with van der Waals surface area (Å²) in [6.07, 6.45) is 4.59. The molecule has 2 rings (SSSR count). The van der Waals surface area contributed by atoms with Crippen molar-refractivity contribution in [1.29, 1.82) is 0 Å². The molecular formula is C15H24N2O2S. The van der Waals surface area contributed by atoms with Gasteiger partial charge < -0.3 is 5.73 Å². The molecule has 5 heteroatoms. The quantitative estimate of drug-likeness (QED) is 0.839. The lowest BCUT2D eigenvalue weighted by molar-refractivity contribution is 0.290. The Hall–Kier alpha value is -1.07. The molecule has 1 saturated carbocycles. The number of aryl methyl sites for hydroxylation is 1. The fourth-order valence-corrected chi connectivity index (χ4v) is 4.34. The van der Waals surface area contributed by atoms with Crippen LogP contribution in [0.25, 0.3) is 0 Å². The fraction of sp³-hybridized carbons (Fsp3) is 0.600. The molecule has 0 amide bonds. The number of nitrogen functional groups attached to an aromatic ring is 1. The van der Waals surface area contributed by atoms with Crippen molar-refractivity contribution in [2.24, 2.45) is 11.8 Å². The molecule has 0 radical (unpaired) electrons. The van der Waals surface area contributed by atoms with E-state index in [1.54, 1.807) is 25.1 Å². The smallest absolute Gasteiger partial charge is 0.242 e. The highest BCUT2D eigenvalue weighted by Gasteiger charge is 2.23. The molecule has 1 fully saturated rings.